The molecule has 0 atom stereocenters. The first-order valence-corrected chi connectivity index (χ1v) is 8.43. The summed E-state index contributed by atoms with van der Waals surface area (Å²) in [6.07, 6.45) is 7.71. The van der Waals surface area contributed by atoms with Gasteiger partial charge in [0.05, 0.1) is 5.66 Å². The molecule has 3 heteroatoms. The molecule has 0 radical (unpaired) electrons. The van der Waals surface area contributed by atoms with Crippen LogP contribution in [0.5, 0.6) is 0 Å². The summed E-state index contributed by atoms with van der Waals surface area (Å²) >= 11 is 2.25. The van der Waals surface area contributed by atoms with E-state index < -0.39 is 0 Å². The second-order valence-corrected chi connectivity index (χ2v) is 7.01. The van der Waals surface area contributed by atoms with Gasteiger partial charge in [-0.05, 0) is 87.1 Å². The van der Waals surface area contributed by atoms with Gasteiger partial charge in [-0.15, -0.1) is 0 Å². The van der Waals surface area contributed by atoms with Crippen molar-refractivity contribution in [2.45, 2.75) is 65.0 Å². The fourth-order valence-corrected chi connectivity index (χ4v) is 3.85. The van der Waals surface area contributed by atoms with Gasteiger partial charge in [0, 0.05) is 28.6 Å². The van der Waals surface area contributed by atoms with E-state index >= 15 is 0 Å². The molecule has 104 valence electrons. The van der Waals surface area contributed by atoms with Gasteiger partial charge < -0.3 is 5.32 Å². The van der Waals surface area contributed by atoms with Crippen molar-refractivity contribution in [2.24, 2.45) is 0 Å². The molecule has 0 heterocycles. The third kappa shape index (κ3) is 2.29. The zero-order chi connectivity index (χ0) is 13.6. The standard InChI is InChI=1S/C16H23IN2/c1-10-11-6-4-8-13(11)15(18-16(2,3)19-17)14-9-5-7-12(10)14/h18-19H,4-9H2,1-3H3. The van der Waals surface area contributed by atoms with Crippen LogP contribution in [-0.4, -0.2) is 5.66 Å². The molecular formula is C16H23IN2. The Morgan fingerprint density at radius 2 is 1.37 bits per heavy atom. The maximum Gasteiger partial charge on any atom is 0.0907 e. The largest absolute Gasteiger partial charge is 0.367 e. The first kappa shape index (κ1) is 13.7. The van der Waals surface area contributed by atoms with E-state index in [4.69, 9.17) is 0 Å². The molecule has 0 fully saturated rings. The molecule has 2 N–H and O–H groups in total. The molecule has 0 amide bonds. The molecule has 0 aromatic heterocycles. The molecule has 1 aromatic carbocycles. The molecule has 0 aliphatic heterocycles. The van der Waals surface area contributed by atoms with Crippen LogP contribution >= 0.6 is 22.9 Å². The third-order valence-corrected chi connectivity index (χ3v) is 5.97. The highest BCUT2D eigenvalue weighted by Crippen LogP contribution is 2.42. The van der Waals surface area contributed by atoms with Gasteiger partial charge in [-0.2, -0.15) is 0 Å². The van der Waals surface area contributed by atoms with Crippen LogP contribution in [0.25, 0.3) is 0 Å². The zero-order valence-corrected chi connectivity index (χ0v) is 14.3. The van der Waals surface area contributed by atoms with Crippen molar-refractivity contribution in [1.82, 2.24) is 3.53 Å². The van der Waals surface area contributed by atoms with E-state index in [0.717, 1.165) is 0 Å². The molecule has 0 spiro atoms. The van der Waals surface area contributed by atoms with Crippen molar-refractivity contribution < 1.29 is 0 Å². The van der Waals surface area contributed by atoms with E-state index in [0.29, 0.717) is 0 Å². The monoisotopic (exact) mass is 370 g/mol. The second kappa shape index (κ2) is 4.92. The van der Waals surface area contributed by atoms with Crippen molar-refractivity contribution in [2.75, 3.05) is 5.32 Å². The van der Waals surface area contributed by atoms with Crippen molar-refractivity contribution >= 4 is 28.6 Å². The van der Waals surface area contributed by atoms with Crippen LogP contribution in [0.2, 0.25) is 0 Å². The van der Waals surface area contributed by atoms with Crippen LogP contribution in [0.4, 0.5) is 5.69 Å². The Bertz CT molecular complexity index is 485. The van der Waals surface area contributed by atoms with Crippen LogP contribution in [0.15, 0.2) is 0 Å². The van der Waals surface area contributed by atoms with Crippen LogP contribution in [0, 0.1) is 6.92 Å². The molecule has 0 unspecified atom stereocenters. The summed E-state index contributed by atoms with van der Waals surface area (Å²) in [7, 11) is 0. The first-order chi connectivity index (χ1) is 9.03. The number of halogens is 1. The zero-order valence-electron chi connectivity index (χ0n) is 12.1. The second-order valence-electron chi connectivity index (χ2n) is 6.47. The number of hydrogen-bond donors (Lipinski definition) is 2. The van der Waals surface area contributed by atoms with E-state index in [1.807, 2.05) is 0 Å². The Morgan fingerprint density at radius 3 is 1.84 bits per heavy atom. The van der Waals surface area contributed by atoms with Crippen molar-refractivity contribution in [3.05, 3.63) is 27.8 Å². The van der Waals surface area contributed by atoms with Crippen LogP contribution in [0.3, 0.4) is 0 Å². The summed E-state index contributed by atoms with van der Waals surface area (Å²) in [6.45, 7) is 6.77. The quantitative estimate of drug-likeness (QED) is 0.476. The lowest BCUT2D eigenvalue weighted by molar-refractivity contribution is 0.567. The predicted octanol–water partition coefficient (Wildman–Crippen LogP) is 4.06. The minimum absolute atomic E-state index is 0.0530. The number of hydrogen-bond acceptors (Lipinski definition) is 2. The molecular weight excluding hydrogens is 347 g/mol. The van der Waals surface area contributed by atoms with E-state index in [1.165, 1.54) is 44.2 Å². The summed E-state index contributed by atoms with van der Waals surface area (Å²) in [5.74, 6) is 0. The lowest BCUT2D eigenvalue weighted by Gasteiger charge is -2.30. The van der Waals surface area contributed by atoms with E-state index in [1.54, 1.807) is 27.8 Å². The maximum absolute atomic E-state index is 3.78. The van der Waals surface area contributed by atoms with E-state index in [-0.39, 0.29) is 5.66 Å². The summed E-state index contributed by atoms with van der Waals surface area (Å²) in [6, 6.07) is 0. The van der Waals surface area contributed by atoms with Crippen molar-refractivity contribution in [1.29, 1.82) is 0 Å². The van der Waals surface area contributed by atoms with Gasteiger partial charge in [-0.1, -0.05) is 0 Å². The molecule has 1 aromatic rings. The average Bonchev–Trinajstić information content (AvgIpc) is 3.03. The summed E-state index contributed by atoms with van der Waals surface area (Å²) < 4.78 is 3.35. The highest BCUT2D eigenvalue weighted by molar-refractivity contribution is 14.1. The molecule has 2 aliphatic rings. The Balaban J connectivity index is 2.13. The topological polar surface area (TPSA) is 24.1 Å². The lowest BCUT2D eigenvalue weighted by Crippen LogP contribution is -2.41. The summed E-state index contributed by atoms with van der Waals surface area (Å²) in [5, 5.41) is 3.78. The van der Waals surface area contributed by atoms with Crippen LogP contribution in [0.1, 0.15) is 54.5 Å². The molecule has 0 saturated carbocycles. The highest BCUT2D eigenvalue weighted by Gasteiger charge is 2.29. The van der Waals surface area contributed by atoms with Gasteiger partial charge in [0.25, 0.3) is 0 Å². The molecule has 3 rings (SSSR count). The Kier molecular flexibility index (Phi) is 3.54. The maximum atomic E-state index is 3.78. The first-order valence-electron chi connectivity index (χ1n) is 7.35. The number of benzene rings is 1. The average molecular weight is 370 g/mol. The Hall–Kier alpha value is -0.290. The van der Waals surface area contributed by atoms with Crippen LogP contribution in [-0.2, 0) is 25.7 Å². The molecule has 19 heavy (non-hydrogen) atoms. The Labute approximate surface area is 130 Å². The Morgan fingerprint density at radius 1 is 0.895 bits per heavy atom. The van der Waals surface area contributed by atoms with Gasteiger partial charge in [-0.3, -0.25) is 0 Å². The minimum atomic E-state index is -0.0530. The van der Waals surface area contributed by atoms with Crippen molar-refractivity contribution in [3.8, 4) is 0 Å². The molecule has 2 aliphatic carbocycles. The van der Waals surface area contributed by atoms with Gasteiger partial charge in [0.1, 0.15) is 0 Å². The van der Waals surface area contributed by atoms with Gasteiger partial charge in [0.2, 0.25) is 0 Å². The summed E-state index contributed by atoms with van der Waals surface area (Å²) in [4.78, 5) is 0. The minimum Gasteiger partial charge on any atom is -0.367 e. The molecule has 0 saturated heterocycles. The fraction of sp³-hybridized carbons (Fsp3) is 0.625. The number of rotatable bonds is 3. The number of anilines is 1. The normalized spacial score (nSPS) is 17.5. The fourth-order valence-electron chi connectivity index (χ4n) is 3.72. The van der Waals surface area contributed by atoms with E-state index in [9.17, 15) is 0 Å². The highest BCUT2D eigenvalue weighted by atomic mass is 127. The molecule has 2 nitrogen and oxygen atoms in total. The van der Waals surface area contributed by atoms with Gasteiger partial charge in [-0.25, -0.2) is 3.53 Å². The predicted molar refractivity (Wildman–Crippen MR) is 90.1 cm³/mol. The van der Waals surface area contributed by atoms with E-state index in [2.05, 4.69) is 52.5 Å². The smallest absolute Gasteiger partial charge is 0.0907 e. The van der Waals surface area contributed by atoms with Gasteiger partial charge >= 0.3 is 0 Å². The van der Waals surface area contributed by atoms with Crippen molar-refractivity contribution in [3.63, 3.8) is 0 Å². The third-order valence-electron chi connectivity index (χ3n) is 4.62. The lowest BCUT2D eigenvalue weighted by atomic mass is 9.92. The van der Waals surface area contributed by atoms with Gasteiger partial charge in [0.15, 0.2) is 0 Å². The number of fused-ring (bicyclic) bond motifs is 2. The SMILES string of the molecule is Cc1c2c(c(NC(C)(C)NI)c3c1CCC3)CCC2. The van der Waals surface area contributed by atoms with Crippen LogP contribution < -0.4 is 8.85 Å². The number of nitrogens with one attached hydrogen (secondary N) is 2. The molecule has 0 bridgehead atoms. The summed E-state index contributed by atoms with van der Waals surface area (Å²) in [5.41, 5.74) is 9.52.